The second-order valence-electron chi connectivity index (χ2n) is 8.59. The van der Waals surface area contributed by atoms with Crippen molar-refractivity contribution in [2.75, 3.05) is 25.6 Å². The topological polar surface area (TPSA) is 121 Å². The normalized spacial score (nSPS) is 22.0. The lowest BCUT2D eigenvalue weighted by Gasteiger charge is -2.22. The van der Waals surface area contributed by atoms with Gasteiger partial charge < -0.3 is 14.8 Å². The number of aromatic nitrogens is 2. The van der Waals surface area contributed by atoms with Crippen molar-refractivity contribution in [1.82, 2.24) is 9.78 Å². The number of amides is 2. The standard InChI is InChI=1S/C21H25F2N5O4S/c1-31-11-15-17-13(9-21(15,22)23)8-12-4-2-5-14(12)18(17)26-20(29)27-33(24,30)16-10-25-28-6-3-7-32-19(16)28/h8,10,15H,2-7,9,11H2,1H3,(H3,24,26,27,29,30). The van der Waals surface area contributed by atoms with Gasteiger partial charge in [0.15, 0.2) is 9.92 Å². The van der Waals surface area contributed by atoms with Crippen molar-refractivity contribution >= 4 is 21.6 Å². The molecule has 12 heteroatoms. The molecule has 1 aliphatic heterocycles. The van der Waals surface area contributed by atoms with E-state index < -0.39 is 34.2 Å². The summed E-state index contributed by atoms with van der Waals surface area (Å²) in [5.74, 6) is -3.97. The molecule has 0 saturated heterocycles. The molecule has 9 nitrogen and oxygen atoms in total. The van der Waals surface area contributed by atoms with Crippen molar-refractivity contribution < 1.29 is 27.3 Å². The molecular formula is C21H25F2N5O4S. The van der Waals surface area contributed by atoms with Crippen molar-refractivity contribution in [1.29, 1.82) is 0 Å². The van der Waals surface area contributed by atoms with Gasteiger partial charge in [0, 0.05) is 26.5 Å². The van der Waals surface area contributed by atoms with Gasteiger partial charge in [-0.1, -0.05) is 6.07 Å². The summed E-state index contributed by atoms with van der Waals surface area (Å²) in [5.41, 5.74) is 2.92. The number of halogens is 2. The smallest absolute Gasteiger partial charge is 0.354 e. The molecule has 2 aliphatic carbocycles. The zero-order valence-corrected chi connectivity index (χ0v) is 18.9. The Kier molecular flexibility index (Phi) is 5.41. The Morgan fingerprint density at radius 2 is 2.24 bits per heavy atom. The van der Waals surface area contributed by atoms with Gasteiger partial charge in [-0.2, -0.15) is 5.10 Å². The molecule has 0 bridgehead atoms. The average Bonchev–Trinajstić information content (AvgIpc) is 3.44. The van der Waals surface area contributed by atoms with E-state index in [2.05, 4.69) is 14.8 Å². The second kappa shape index (κ2) is 8.03. The fraction of sp³-hybridized carbons (Fsp3) is 0.524. The monoisotopic (exact) mass is 481 g/mol. The van der Waals surface area contributed by atoms with Gasteiger partial charge in [-0.15, -0.1) is 4.36 Å². The number of alkyl halides is 2. The molecule has 3 N–H and O–H groups in total. The van der Waals surface area contributed by atoms with Gasteiger partial charge in [0.05, 0.1) is 31.0 Å². The minimum Gasteiger partial charge on any atom is -0.477 e. The number of anilines is 1. The van der Waals surface area contributed by atoms with Crippen molar-refractivity contribution in [2.24, 2.45) is 9.50 Å². The predicted molar refractivity (Wildman–Crippen MR) is 116 cm³/mol. The lowest BCUT2D eigenvalue weighted by Crippen LogP contribution is -2.26. The van der Waals surface area contributed by atoms with E-state index in [1.165, 1.54) is 18.0 Å². The van der Waals surface area contributed by atoms with Crippen LogP contribution in [0.2, 0.25) is 0 Å². The molecule has 5 rings (SSSR count). The number of methoxy groups -OCH3 is 1. The SMILES string of the molecule is COCC1c2c(cc3c(c2NC(=O)N=S(N)(=O)c2cnn4c2OCCC4)CCC3)CC1(F)F. The van der Waals surface area contributed by atoms with Crippen LogP contribution in [0, 0.1) is 0 Å². The molecular weight excluding hydrogens is 456 g/mol. The highest BCUT2D eigenvalue weighted by molar-refractivity contribution is 7.91. The van der Waals surface area contributed by atoms with Crippen LogP contribution in [0.1, 0.15) is 41.0 Å². The van der Waals surface area contributed by atoms with E-state index in [1.807, 2.05) is 6.07 Å². The maximum atomic E-state index is 14.8. The van der Waals surface area contributed by atoms with Crippen LogP contribution in [-0.2, 0) is 40.5 Å². The molecule has 1 aromatic heterocycles. The first kappa shape index (κ1) is 22.2. The summed E-state index contributed by atoms with van der Waals surface area (Å²) >= 11 is 0. The Balaban J connectivity index is 1.53. The minimum atomic E-state index is -3.67. The van der Waals surface area contributed by atoms with Gasteiger partial charge in [-0.25, -0.2) is 27.6 Å². The van der Waals surface area contributed by atoms with Crippen LogP contribution >= 0.6 is 0 Å². The van der Waals surface area contributed by atoms with Gasteiger partial charge in [-0.05, 0) is 41.5 Å². The first-order chi connectivity index (χ1) is 15.7. The number of hydrogen-bond donors (Lipinski definition) is 2. The van der Waals surface area contributed by atoms with Crippen molar-refractivity contribution in [3.8, 4) is 5.88 Å². The number of rotatable bonds is 4. The maximum Gasteiger partial charge on any atom is 0.354 e. The third-order valence-corrected chi connectivity index (χ3v) is 7.77. The molecule has 2 amide bonds. The van der Waals surface area contributed by atoms with E-state index in [4.69, 9.17) is 14.6 Å². The van der Waals surface area contributed by atoms with Gasteiger partial charge in [-0.3, -0.25) is 0 Å². The van der Waals surface area contributed by atoms with Gasteiger partial charge in [0.2, 0.25) is 5.88 Å². The Bertz CT molecular complexity index is 1250. The lowest BCUT2D eigenvalue weighted by molar-refractivity contribution is -0.0369. The molecule has 0 radical (unpaired) electrons. The summed E-state index contributed by atoms with van der Waals surface area (Å²) in [7, 11) is -2.30. The Labute approximate surface area is 189 Å². The van der Waals surface area contributed by atoms with E-state index in [1.54, 1.807) is 0 Å². The van der Waals surface area contributed by atoms with Crippen LogP contribution in [0.5, 0.6) is 5.88 Å². The molecule has 178 valence electrons. The average molecular weight is 482 g/mol. The number of carbonyl (C=O) groups is 1. The Morgan fingerprint density at radius 1 is 1.42 bits per heavy atom. The fourth-order valence-electron chi connectivity index (χ4n) is 5.02. The molecule has 1 aromatic carbocycles. The first-order valence-corrected chi connectivity index (χ1v) is 12.4. The van der Waals surface area contributed by atoms with E-state index in [0.717, 1.165) is 30.4 Å². The highest BCUT2D eigenvalue weighted by Gasteiger charge is 2.49. The zero-order valence-electron chi connectivity index (χ0n) is 18.1. The summed E-state index contributed by atoms with van der Waals surface area (Å²) < 4.78 is 58.6. The van der Waals surface area contributed by atoms with Crippen molar-refractivity contribution in [3.63, 3.8) is 0 Å². The van der Waals surface area contributed by atoms with Crippen LogP contribution in [0.15, 0.2) is 21.5 Å². The van der Waals surface area contributed by atoms with Crippen LogP contribution < -0.4 is 15.2 Å². The van der Waals surface area contributed by atoms with Gasteiger partial charge in [0.25, 0.3) is 5.92 Å². The summed E-state index contributed by atoms with van der Waals surface area (Å²) in [6.07, 6.45) is 3.86. The molecule has 2 aromatic rings. The molecule has 2 atom stereocenters. The van der Waals surface area contributed by atoms with Crippen molar-refractivity contribution in [3.05, 3.63) is 34.5 Å². The van der Waals surface area contributed by atoms with E-state index in [9.17, 15) is 17.8 Å². The van der Waals surface area contributed by atoms with E-state index >= 15 is 0 Å². The highest BCUT2D eigenvalue weighted by Crippen LogP contribution is 2.51. The third kappa shape index (κ3) is 3.79. The summed E-state index contributed by atoms with van der Waals surface area (Å²) in [6.45, 7) is 0.804. The number of aryl methyl sites for hydroxylation is 2. The quantitative estimate of drug-likeness (QED) is 0.696. The number of benzene rings is 1. The molecule has 0 spiro atoms. The van der Waals surface area contributed by atoms with E-state index in [0.29, 0.717) is 36.4 Å². The Morgan fingerprint density at radius 3 is 3.03 bits per heavy atom. The molecule has 2 heterocycles. The summed E-state index contributed by atoms with van der Waals surface area (Å²) in [4.78, 5) is 12.9. The number of ether oxygens (including phenoxy) is 2. The molecule has 0 saturated carbocycles. The van der Waals surface area contributed by atoms with Gasteiger partial charge >= 0.3 is 6.03 Å². The zero-order chi connectivity index (χ0) is 23.4. The van der Waals surface area contributed by atoms with Crippen molar-refractivity contribution in [2.45, 2.75) is 55.4 Å². The number of urea groups is 1. The fourth-order valence-corrected chi connectivity index (χ4v) is 6.02. The second-order valence-corrected chi connectivity index (χ2v) is 10.4. The lowest BCUT2D eigenvalue weighted by atomic mass is 9.93. The van der Waals surface area contributed by atoms with Gasteiger partial charge in [0.1, 0.15) is 4.90 Å². The predicted octanol–water partition coefficient (Wildman–Crippen LogP) is 3.01. The largest absolute Gasteiger partial charge is 0.477 e. The summed E-state index contributed by atoms with van der Waals surface area (Å²) in [6, 6.07) is 0.850. The van der Waals surface area contributed by atoms with Crippen LogP contribution in [0.25, 0.3) is 0 Å². The number of nitrogens with two attached hydrogens (primary N) is 1. The Hall–Kier alpha value is -2.57. The van der Waals surface area contributed by atoms with Crippen LogP contribution in [0.3, 0.4) is 0 Å². The third-order valence-electron chi connectivity index (χ3n) is 6.42. The van der Waals surface area contributed by atoms with Crippen LogP contribution in [0.4, 0.5) is 19.3 Å². The molecule has 0 fully saturated rings. The highest BCUT2D eigenvalue weighted by atomic mass is 32.2. The molecule has 33 heavy (non-hydrogen) atoms. The molecule has 3 aliphatic rings. The van der Waals surface area contributed by atoms with E-state index in [-0.39, 0.29) is 17.4 Å². The number of nitrogens with one attached hydrogen (secondary N) is 1. The number of carbonyl (C=O) groups excluding carboxylic acids is 1. The number of nitrogens with zero attached hydrogens (tertiary/aromatic N) is 3. The maximum absolute atomic E-state index is 14.8. The number of hydrogen-bond acceptors (Lipinski definition) is 5. The number of fused-ring (bicyclic) bond motifs is 3. The van der Waals surface area contributed by atoms with Crippen LogP contribution in [-0.4, -0.2) is 46.3 Å². The minimum absolute atomic E-state index is 0.0321. The first-order valence-electron chi connectivity index (χ1n) is 10.8. The molecule has 2 unspecified atom stereocenters. The summed E-state index contributed by atoms with van der Waals surface area (Å²) in [5, 5.41) is 12.7.